The standard InChI is InChI=1S/C36H37F2N3O3/c1-3-36(37,38)28-16-14-26(15-17-28)31-12-7-8-13-32(31)34(42)39-29-18-20-30(21-19-29)40-22-9-23-41(25-24-40)33(35(43)44-2)27-10-5-4-6-11-27/h4-8,10-21,33H,3,9,22-25H2,1-2H3,(H,39,42). The van der Waals surface area contributed by atoms with Crippen molar-refractivity contribution >= 4 is 23.3 Å². The average molecular weight is 598 g/mol. The van der Waals surface area contributed by atoms with Gasteiger partial charge in [-0.05, 0) is 53.4 Å². The summed E-state index contributed by atoms with van der Waals surface area (Å²) in [7, 11) is 1.43. The van der Waals surface area contributed by atoms with E-state index in [2.05, 4.69) is 15.1 Å². The van der Waals surface area contributed by atoms with Crippen LogP contribution >= 0.6 is 0 Å². The van der Waals surface area contributed by atoms with Gasteiger partial charge in [0.1, 0.15) is 6.04 Å². The molecule has 4 aromatic carbocycles. The Bertz CT molecular complexity index is 1560. The number of methoxy groups -OCH3 is 1. The lowest BCUT2D eigenvalue weighted by Crippen LogP contribution is -2.37. The summed E-state index contributed by atoms with van der Waals surface area (Å²) >= 11 is 0. The van der Waals surface area contributed by atoms with Crippen molar-refractivity contribution in [3.63, 3.8) is 0 Å². The monoisotopic (exact) mass is 597 g/mol. The largest absolute Gasteiger partial charge is 0.468 e. The Morgan fingerprint density at radius 2 is 1.52 bits per heavy atom. The van der Waals surface area contributed by atoms with E-state index in [-0.39, 0.29) is 23.9 Å². The van der Waals surface area contributed by atoms with Gasteiger partial charge in [-0.15, -0.1) is 0 Å². The number of carbonyl (C=O) groups is 2. The lowest BCUT2D eigenvalue weighted by molar-refractivity contribution is -0.147. The van der Waals surface area contributed by atoms with Gasteiger partial charge in [0.25, 0.3) is 11.8 Å². The highest BCUT2D eigenvalue weighted by Gasteiger charge is 2.30. The maximum absolute atomic E-state index is 14.1. The molecular formula is C36H37F2N3O3. The van der Waals surface area contributed by atoms with Crippen LogP contribution in [0.2, 0.25) is 0 Å². The number of hydrogen-bond acceptors (Lipinski definition) is 5. The van der Waals surface area contributed by atoms with E-state index in [4.69, 9.17) is 4.74 Å². The molecule has 0 spiro atoms. The fraction of sp³-hybridized carbons (Fsp3) is 0.278. The van der Waals surface area contributed by atoms with Gasteiger partial charge in [-0.1, -0.05) is 79.7 Å². The second-order valence-corrected chi connectivity index (χ2v) is 10.9. The van der Waals surface area contributed by atoms with Gasteiger partial charge in [0, 0.05) is 55.1 Å². The first-order chi connectivity index (χ1) is 21.3. The van der Waals surface area contributed by atoms with E-state index in [9.17, 15) is 18.4 Å². The number of hydrogen-bond donors (Lipinski definition) is 1. The highest BCUT2D eigenvalue weighted by molar-refractivity contribution is 6.08. The van der Waals surface area contributed by atoms with Gasteiger partial charge in [-0.25, -0.2) is 13.6 Å². The third-order valence-corrected chi connectivity index (χ3v) is 8.16. The van der Waals surface area contributed by atoms with Crippen molar-refractivity contribution < 1.29 is 23.1 Å². The van der Waals surface area contributed by atoms with Crippen molar-refractivity contribution in [2.75, 3.05) is 43.5 Å². The van der Waals surface area contributed by atoms with Gasteiger partial charge < -0.3 is 15.0 Å². The molecule has 0 bridgehead atoms. The number of ether oxygens (including phenoxy) is 1. The zero-order valence-electron chi connectivity index (χ0n) is 25.0. The maximum atomic E-state index is 14.1. The normalized spacial score (nSPS) is 14.9. The van der Waals surface area contributed by atoms with Gasteiger partial charge in [-0.3, -0.25) is 9.69 Å². The number of amides is 1. The number of esters is 1. The fourth-order valence-electron chi connectivity index (χ4n) is 5.68. The first kappa shape index (κ1) is 30.9. The summed E-state index contributed by atoms with van der Waals surface area (Å²) in [6.45, 7) is 4.49. The molecule has 1 amide bonds. The molecule has 0 aromatic heterocycles. The Morgan fingerprint density at radius 3 is 2.20 bits per heavy atom. The number of nitrogens with zero attached hydrogens (tertiary/aromatic N) is 2. The van der Waals surface area contributed by atoms with Gasteiger partial charge in [0.05, 0.1) is 7.11 Å². The lowest BCUT2D eigenvalue weighted by Gasteiger charge is -2.29. The highest BCUT2D eigenvalue weighted by Crippen LogP contribution is 2.33. The summed E-state index contributed by atoms with van der Waals surface area (Å²) in [5.74, 6) is -3.43. The molecular weight excluding hydrogens is 560 g/mol. The molecule has 0 saturated carbocycles. The van der Waals surface area contributed by atoms with Crippen molar-refractivity contribution in [3.8, 4) is 11.1 Å². The fourth-order valence-corrected chi connectivity index (χ4v) is 5.68. The van der Waals surface area contributed by atoms with E-state index in [1.165, 1.54) is 26.2 Å². The molecule has 8 heteroatoms. The number of benzene rings is 4. The Balaban J connectivity index is 1.25. The van der Waals surface area contributed by atoms with Crippen LogP contribution in [0.15, 0.2) is 103 Å². The van der Waals surface area contributed by atoms with E-state index in [1.54, 1.807) is 24.3 Å². The smallest absolute Gasteiger partial charge is 0.327 e. The molecule has 1 N–H and O–H groups in total. The van der Waals surface area contributed by atoms with Crippen LogP contribution in [0.4, 0.5) is 20.2 Å². The van der Waals surface area contributed by atoms with Crippen LogP contribution in [0.3, 0.4) is 0 Å². The van der Waals surface area contributed by atoms with E-state index < -0.39 is 12.0 Å². The van der Waals surface area contributed by atoms with Crippen LogP contribution < -0.4 is 10.2 Å². The number of rotatable bonds is 9. The number of anilines is 2. The highest BCUT2D eigenvalue weighted by atomic mass is 19.3. The van der Waals surface area contributed by atoms with Crippen molar-refractivity contribution in [2.45, 2.75) is 31.7 Å². The summed E-state index contributed by atoms with van der Waals surface area (Å²) in [6.07, 6.45) is 0.608. The summed E-state index contributed by atoms with van der Waals surface area (Å²) in [4.78, 5) is 30.5. The Morgan fingerprint density at radius 1 is 0.841 bits per heavy atom. The predicted octanol–water partition coefficient (Wildman–Crippen LogP) is 7.53. The van der Waals surface area contributed by atoms with Crippen LogP contribution in [0.25, 0.3) is 11.1 Å². The van der Waals surface area contributed by atoms with Crippen LogP contribution in [-0.2, 0) is 15.5 Å². The van der Waals surface area contributed by atoms with Gasteiger partial charge in [0.2, 0.25) is 0 Å². The summed E-state index contributed by atoms with van der Waals surface area (Å²) < 4.78 is 33.4. The van der Waals surface area contributed by atoms with Gasteiger partial charge in [-0.2, -0.15) is 0 Å². The van der Waals surface area contributed by atoms with Gasteiger partial charge >= 0.3 is 5.97 Å². The Hall–Kier alpha value is -4.56. The van der Waals surface area contributed by atoms with E-state index >= 15 is 0 Å². The van der Waals surface area contributed by atoms with Crippen LogP contribution in [0.1, 0.15) is 47.3 Å². The van der Waals surface area contributed by atoms with Crippen molar-refractivity contribution in [1.29, 1.82) is 0 Å². The molecule has 4 aromatic rings. The molecule has 1 saturated heterocycles. The summed E-state index contributed by atoms with van der Waals surface area (Å²) in [6, 6.07) is 30.3. The van der Waals surface area contributed by atoms with Crippen LogP contribution in [-0.4, -0.2) is 50.1 Å². The molecule has 1 aliphatic heterocycles. The molecule has 1 fully saturated rings. The molecule has 1 unspecified atom stereocenters. The SMILES string of the molecule is CCC(F)(F)c1ccc(-c2ccccc2C(=O)Nc2ccc(N3CCCN(C(C(=O)OC)c4ccccc4)CC3)cc2)cc1. The van der Waals surface area contributed by atoms with Gasteiger partial charge in [0.15, 0.2) is 0 Å². The maximum Gasteiger partial charge on any atom is 0.327 e. The van der Waals surface area contributed by atoms with Crippen LogP contribution in [0.5, 0.6) is 0 Å². The first-order valence-electron chi connectivity index (χ1n) is 14.9. The van der Waals surface area contributed by atoms with E-state index in [1.807, 2.05) is 66.7 Å². The molecule has 228 valence electrons. The molecule has 1 atom stereocenters. The second kappa shape index (κ2) is 13.8. The third-order valence-electron chi connectivity index (χ3n) is 8.16. The molecule has 0 radical (unpaired) electrons. The minimum Gasteiger partial charge on any atom is -0.468 e. The molecule has 5 rings (SSSR count). The average Bonchev–Trinajstić information content (AvgIpc) is 3.32. The minimum absolute atomic E-state index is 0.0395. The van der Waals surface area contributed by atoms with Crippen LogP contribution in [0, 0.1) is 0 Å². The predicted molar refractivity (Wildman–Crippen MR) is 170 cm³/mol. The molecule has 44 heavy (non-hydrogen) atoms. The molecule has 1 heterocycles. The Labute approximate surface area is 257 Å². The molecule has 1 aliphatic rings. The van der Waals surface area contributed by atoms with E-state index in [0.29, 0.717) is 28.9 Å². The van der Waals surface area contributed by atoms with E-state index in [0.717, 1.165) is 37.3 Å². The third kappa shape index (κ3) is 6.97. The Kier molecular flexibility index (Phi) is 9.70. The van der Waals surface area contributed by atoms with Crippen molar-refractivity contribution in [2.24, 2.45) is 0 Å². The number of halogens is 2. The zero-order valence-corrected chi connectivity index (χ0v) is 25.0. The topological polar surface area (TPSA) is 61.9 Å². The second-order valence-electron chi connectivity index (χ2n) is 10.9. The summed E-state index contributed by atoms with van der Waals surface area (Å²) in [5, 5.41) is 2.98. The number of nitrogens with one attached hydrogen (secondary N) is 1. The minimum atomic E-state index is -2.89. The lowest BCUT2D eigenvalue weighted by atomic mass is 9.96. The number of carbonyl (C=O) groups excluding carboxylic acids is 2. The summed E-state index contributed by atoms with van der Waals surface area (Å²) in [5.41, 5.74) is 4.38. The first-order valence-corrected chi connectivity index (χ1v) is 14.9. The van der Waals surface area contributed by atoms with Crippen molar-refractivity contribution in [1.82, 2.24) is 4.90 Å². The molecule has 6 nitrogen and oxygen atoms in total. The quantitative estimate of drug-likeness (QED) is 0.202. The number of alkyl halides is 2. The molecule has 0 aliphatic carbocycles. The van der Waals surface area contributed by atoms with Crippen molar-refractivity contribution in [3.05, 3.63) is 120 Å². The zero-order chi connectivity index (χ0) is 31.1.